The first-order valence-corrected chi connectivity index (χ1v) is 10.1. The van der Waals surface area contributed by atoms with Gasteiger partial charge in [0.25, 0.3) is 5.91 Å². The normalized spacial score (nSPS) is 28.5. The van der Waals surface area contributed by atoms with Gasteiger partial charge in [-0.25, -0.2) is 0 Å². The lowest BCUT2D eigenvalue weighted by atomic mass is 10.0. The maximum atomic E-state index is 13.4. The number of carbonyl (C=O) groups excluding carboxylic acids is 2. The molecule has 5 rings (SSSR count). The molecule has 5 nitrogen and oxygen atoms in total. The van der Waals surface area contributed by atoms with Gasteiger partial charge < -0.3 is 14.5 Å². The summed E-state index contributed by atoms with van der Waals surface area (Å²) in [6.45, 7) is 3.24. The van der Waals surface area contributed by atoms with E-state index in [1.165, 1.54) is 0 Å². The van der Waals surface area contributed by atoms with Crippen LogP contribution in [0.3, 0.4) is 0 Å². The second kappa shape index (κ2) is 6.45. The molecule has 0 aliphatic carbocycles. The number of benzene rings is 2. The monoisotopic (exact) mass is 376 g/mol. The van der Waals surface area contributed by atoms with E-state index in [1.54, 1.807) is 0 Å². The molecule has 0 unspecified atom stereocenters. The van der Waals surface area contributed by atoms with E-state index >= 15 is 0 Å². The number of hydrogen-bond acceptors (Lipinski definition) is 3. The van der Waals surface area contributed by atoms with Crippen molar-refractivity contribution < 1.29 is 14.3 Å². The summed E-state index contributed by atoms with van der Waals surface area (Å²) in [6.07, 6.45) is 1.70. The number of rotatable bonds is 3. The predicted molar refractivity (Wildman–Crippen MR) is 105 cm³/mol. The van der Waals surface area contributed by atoms with Gasteiger partial charge in [0, 0.05) is 18.5 Å². The molecule has 3 heterocycles. The van der Waals surface area contributed by atoms with Gasteiger partial charge in [0.2, 0.25) is 5.91 Å². The molecule has 3 saturated heterocycles. The summed E-state index contributed by atoms with van der Waals surface area (Å²) in [4.78, 5) is 29.9. The van der Waals surface area contributed by atoms with Crippen LogP contribution in [0.15, 0.2) is 54.6 Å². The molecule has 2 aromatic rings. The maximum Gasteiger partial charge on any atom is 0.254 e. The van der Waals surface area contributed by atoms with Crippen LogP contribution in [0.1, 0.15) is 47.4 Å². The van der Waals surface area contributed by atoms with Crippen LogP contribution in [0.2, 0.25) is 0 Å². The summed E-state index contributed by atoms with van der Waals surface area (Å²) in [5.74, 6) is 0.102. The average Bonchev–Trinajstić information content (AvgIpc) is 3.36. The Kier molecular flexibility index (Phi) is 4.02. The van der Waals surface area contributed by atoms with Crippen LogP contribution in [-0.2, 0) is 16.0 Å². The molecule has 0 radical (unpaired) electrons. The third kappa shape index (κ3) is 2.42. The molecule has 2 aromatic carbocycles. The van der Waals surface area contributed by atoms with Crippen LogP contribution in [0.25, 0.3) is 0 Å². The topological polar surface area (TPSA) is 49.9 Å². The van der Waals surface area contributed by atoms with Crippen molar-refractivity contribution in [3.05, 3.63) is 71.3 Å². The quantitative estimate of drug-likeness (QED) is 0.827. The predicted octanol–water partition coefficient (Wildman–Crippen LogP) is 3.16. The summed E-state index contributed by atoms with van der Waals surface area (Å²) in [7, 11) is 0. The first-order valence-electron chi connectivity index (χ1n) is 10.1. The van der Waals surface area contributed by atoms with E-state index in [0.717, 1.165) is 23.1 Å². The SMILES string of the molecule is CCc1ccccc1C(=O)N1CC[C@@]23O[C@@H](c4ccccc4)CN2C(=O)C[C@@H]13. The zero-order valence-electron chi connectivity index (χ0n) is 16.0. The van der Waals surface area contributed by atoms with Gasteiger partial charge >= 0.3 is 0 Å². The summed E-state index contributed by atoms with van der Waals surface area (Å²) in [5, 5.41) is 0. The van der Waals surface area contributed by atoms with E-state index in [0.29, 0.717) is 25.9 Å². The Hall–Kier alpha value is -2.66. The lowest BCUT2D eigenvalue weighted by Crippen LogP contribution is -2.48. The van der Waals surface area contributed by atoms with E-state index in [2.05, 4.69) is 6.92 Å². The lowest BCUT2D eigenvalue weighted by Gasteiger charge is -2.32. The number of nitrogens with zero attached hydrogens (tertiary/aromatic N) is 2. The van der Waals surface area contributed by atoms with Crippen LogP contribution in [0, 0.1) is 0 Å². The minimum atomic E-state index is -0.672. The largest absolute Gasteiger partial charge is 0.343 e. The minimum Gasteiger partial charge on any atom is -0.343 e. The zero-order chi connectivity index (χ0) is 19.3. The lowest BCUT2D eigenvalue weighted by molar-refractivity contribution is -0.138. The molecule has 144 valence electrons. The van der Waals surface area contributed by atoms with Crippen molar-refractivity contribution in [1.82, 2.24) is 9.80 Å². The Bertz CT molecular complexity index is 928. The van der Waals surface area contributed by atoms with Crippen molar-refractivity contribution in [3.8, 4) is 0 Å². The highest BCUT2D eigenvalue weighted by Gasteiger charge is 2.65. The summed E-state index contributed by atoms with van der Waals surface area (Å²) in [6, 6.07) is 17.6. The van der Waals surface area contributed by atoms with Crippen LogP contribution in [0.5, 0.6) is 0 Å². The van der Waals surface area contributed by atoms with Gasteiger partial charge in [-0.1, -0.05) is 55.5 Å². The van der Waals surface area contributed by atoms with Gasteiger partial charge in [0.05, 0.1) is 19.0 Å². The molecule has 0 bridgehead atoms. The van der Waals surface area contributed by atoms with Gasteiger partial charge in [-0.3, -0.25) is 9.59 Å². The standard InChI is InChI=1S/C23H24N2O3/c1-2-16-8-6-7-11-18(16)22(27)24-13-12-23-20(24)14-21(26)25(23)15-19(28-23)17-9-4-3-5-10-17/h3-11,19-20H,2,12-15H2,1H3/t19-,20-,23+/m1/s1. The Morgan fingerprint density at radius 2 is 1.89 bits per heavy atom. The Balaban J connectivity index is 1.45. The molecule has 3 fully saturated rings. The highest BCUT2D eigenvalue weighted by Crippen LogP contribution is 2.50. The van der Waals surface area contributed by atoms with E-state index < -0.39 is 5.72 Å². The summed E-state index contributed by atoms with van der Waals surface area (Å²) in [5.41, 5.74) is 2.20. The number of amides is 2. The van der Waals surface area contributed by atoms with Gasteiger partial charge in [0.15, 0.2) is 5.72 Å². The smallest absolute Gasteiger partial charge is 0.254 e. The molecule has 0 saturated carbocycles. The van der Waals surface area contributed by atoms with Gasteiger partial charge in [-0.05, 0) is 23.6 Å². The molecule has 2 amide bonds. The molecule has 0 N–H and O–H groups in total. The van der Waals surface area contributed by atoms with Crippen molar-refractivity contribution in [3.63, 3.8) is 0 Å². The van der Waals surface area contributed by atoms with Gasteiger partial charge in [-0.15, -0.1) is 0 Å². The van der Waals surface area contributed by atoms with E-state index in [-0.39, 0.29) is 24.0 Å². The fourth-order valence-corrected chi connectivity index (χ4v) is 5.10. The Morgan fingerprint density at radius 3 is 2.68 bits per heavy atom. The van der Waals surface area contributed by atoms with Crippen molar-refractivity contribution in [2.45, 2.75) is 44.1 Å². The van der Waals surface area contributed by atoms with E-state index in [4.69, 9.17) is 4.74 Å². The number of likely N-dealkylation sites (tertiary alicyclic amines) is 1. The van der Waals surface area contributed by atoms with Gasteiger partial charge in [0.1, 0.15) is 6.10 Å². The molecule has 3 aliphatic rings. The maximum absolute atomic E-state index is 13.4. The second-order valence-corrected chi connectivity index (χ2v) is 7.85. The number of ether oxygens (including phenoxy) is 1. The third-order valence-electron chi connectivity index (χ3n) is 6.49. The van der Waals surface area contributed by atoms with Gasteiger partial charge in [-0.2, -0.15) is 0 Å². The van der Waals surface area contributed by atoms with Crippen molar-refractivity contribution in [2.75, 3.05) is 13.1 Å². The Morgan fingerprint density at radius 1 is 1.14 bits per heavy atom. The van der Waals surface area contributed by atoms with Crippen molar-refractivity contribution >= 4 is 11.8 Å². The van der Waals surface area contributed by atoms with Crippen molar-refractivity contribution in [2.24, 2.45) is 0 Å². The first kappa shape index (κ1) is 17.4. The molecule has 3 aliphatic heterocycles. The molecular weight excluding hydrogens is 352 g/mol. The van der Waals surface area contributed by atoms with Crippen molar-refractivity contribution in [1.29, 1.82) is 0 Å². The molecule has 3 atom stereocenters. The summed E-state index contributed by atoms with van der Waals surface area (Å²) < 4.78 is 6.54. The molecular formula is C23H24N2O3. The molecule has 1 spiro atoms. The van der Waals surface area contributed by atoms with Crippen LogP contribution in [0.4, 0.5) is 0 Å². The fourth-order valence-electron chi connectivity index (χ4n) is 5.10. The molecule has 5 heteroatoms. The second-order valence-electron chi connectivity index (χ2n) is 7.85. The first-order chi connectivity index (χ1) is 13.6. The number of carbonyl (C=O) groups is 2. The molecule has 28 heavy (non-hydrogen) atoms. The highest BCUT2D eigenvalue weighted by atomic mass is 16.5. The highest BCUT2D eigenvalue weighted by molar-refractivity contribution is 5.97. The third-order valence-corrected chi connectivity index (χ3v) is 6.49. The minimum absolute atomic E-state index is 0.0146. The van der Waals surface area contributed by atoms with E-state index in [9.17, 15) is 9.59 Å². The average molecular weight is 376 g/mol. The fraction of sp³-hybridized carbons (Fsp3) is 0.391. The van der Waals surface area contributed by atoms with Crippen LogP contribution in [-0.4, -0.2) is 46.5 Å². The molecule has 0 aromatic heterocycles. The van der Waals surface area contributed by atoms with Crippen LogP contribution < -0.4 is 0 Å². The number of hydrogen-bond donors (Lipinski definition) is 0. The van der Waals surface area contributed by atoms with Crippen LogP contribution >= 0.6 is 0 Å². The number of aryl methyl sites for hydroxylation is 1. The zero-order valence-corrected chi connectivity index (χ0v) is 16.0. The van der Waals surface area contributed by atoms with E-state index in [1.807, 2.05) is 64.4 Å². The Labute approximate surface area is 164 Å². The summed E-state index contributed by atoms with van der Waals surface area (Å²) >= 11 is 0.